The number of benzene rings is 1. The van der Waals surface area contributed by atoms with E-state index in [9.17, 15) is 4.79 Å². The van der Waals surface area contributed by atoms with Crippen LogP contribution in [0.5, 0.6) is 5.75 Å². The lowest BCUT2D eigenvalue weighted by Crippen LogP contribution is -2.08. The van der Waals surface area contributed by atoms with Crippen molar-refractivity contribution in [3.8, 4) is 5.75 Å². The Kier molecular flexibility index (Phi) is 6.00. The third-order valence-electron chi connectivity index (χ3n) is 2.61. The zero-order chi connectivity index (χ0) is 13.4. The molecule has 0 aromatic heterocycles. The largest absolute Gasteiger partial charge is 0.497 e. The summed E-state index contributed by atoms with van der Waals surface area (Å²) in [4.78, 5) is 11.0. The Morgan fingerprint density at radius 3 is 2.72 bits per heavy atom. The minimum atomic E-state index is -0.962. The van der Waals surface area contributed by atoms with Gasteiger partial charge >= 0.3 is 5.97 Å². The van der Waals surface area contributed by atoms with E-state index in [0.717, 1.165) is 19.3 Å². The van der Waals surface area contributed by atoms with E-state index >= 15 is 0 Å². The highest BCUT2D eigenvalue weighted by Gasteiger charge is 2.10. The number of carboxylic acids is 1. The van der Waals surface area contributed by atoms with Gasteiger partial charge < -0.3 is 20.3 Å². The van der Waals surface area contributed by atoms with E-state index in [1.165, 1.54) is 6.07 Å². The Bertz CT molecular complexity index is 393. The second-order valence-corrected chi connectivity index (χ2v) is 3.93. The van der Waals surface area contributed by atoms with Crippen LogP contribution in [0.25, 0.3) is 0 Å². The molecule has 1 aromatic carbocycles. The maximum Gasteiger partial charge on any atom is 0.337 e. The molecule has 0 spiro atoms. The van der Waals surface area contributed by atoms with Gasteiger partial charge in [-0.1, -0.05) is 0 Å². The van der Waals surface area contributed by atoms with E-state index in [4.69, 9.17) is 14.9 Å². The highest BCUT2D eigenvalue weighted by molar-refractivity contribution is 5.94. The van der Waals surface area contributed by atoms with Crippen molar-refractivity contribution in [2.75, 3.05) is 25.6 Å². The molecule has 0 fully saturated rings. The number of rotatable bonds is 8. The third kappa shape index (κ3) is 4.25. The highest BCUT2D eigenvalue weighted by Crippen LogP contribution is 2.22. The number of aromatic carboxylic acids is 1. The average Bonchev–Trinajstić information content (AvgIpc) is 2.38. The van der Waals surface area contributed by atoms with Gasteiger partial charge in [0, 0.05) is 19.2 Å². The number of carbonyl (C=O) groups is 1. The Morgan fingerprint density at radius 2 is 2.11 bits per heavy atom. The van der Waals surface area contributed by atoms with Crippen LogP contribution < -0.4 is 10.1 Å². The molecule has 0 atom stereocenters. The molecule has 0 aliphatic rings. The number of methoxy groups -OCH3 is 1. The number of unbranched alkanes of at least 4 members (excludes halogenated alkanes) is 2. The fourth-order valence-electron chi connectivity index (χ4n) is 1.62. The van der Waals surface area contributed by atoms with Gasteiger partial charge in [-0.3, -0.25) is 0 Å². The van der Waals surface area contributed by atoms with E-state index in [1.54, 1.807) is 19.2 Å². The molecule has 0 heterocycles. The number of anilines is 1. The smallest absolute Gasteiger partial charge is 0.337 e. The van der Waals surface area contributed by atoms with Crippen molar-refractivity contribution < 1.29 is 19.7 Å². The summed E-state index contributed by atoms with van der Waals surface area (Å²) in [6.45, 7) is 0.868. The normalized spacial score (nSPS) is 10.1. The molecule has 18 heavy (non-hydrogen) atoms. The number of aliphatic hydroxyl groups excluding tert-OH is 1. The SMILES string of the molecule is COc1ccc(C(=O)O)c(NCCCCCO)c1. The van der Waals surface area contributed by atoms with Gasteiger partial charge in [0.2, 0.25) is 0 Å². The van der Waals surface area contributed by atoms with Crippen molar-refractivity contribution >= 4 is 11.7 Å². The number of hydrogen-bond donors (Lipinski definition) is 3. The first-order chi connectivity index (χ1) is 8.69. The summed E-state index contributed by atoms with van der Waals surface area (Å²) in [7, 11) is 1.54. The molecule has 0 saturated heterocycles. The van der Waals surface area contributed by atoms with Gasteiger partial charge in [0.25, 0.3) is 0 Å². The molecular weight excluding hydrogens is 234 g/mol. The average molecular weight is 253 g/mol. The van der Waals surface area contributed by atoms with Crippen molar-refractivity contribution in [1.82, 2.24) is 0 Å². The highest BCUT2D eigenvalue weighted by atomic mass is 16.5. The molecule has 0 aliphatic heterocycles. The molecule has 5 heteroatoms. The second-order valence-electron chi connectivity index (χ2n) is 3.93. The van der Waals surface area contributed by atoms with E-state index < -0.39 is 5.97 Å². The lowest BCUT2D eigenvalue weighted by molar-refractivity contribution is 0.0698. The van der Waals surface area contributed by atoms with Crippen molar-refractivity contribution in [2.45, 2.75) is 19.3 Å². The molecule has 0 aliphatic carbocycles. The molecule has 5 nitrogen and oxygen atoms in total. The number of carboxylic acid groups (broad SMARTS) is 1. The number of hydrogen-bond acceptors (Lipinski definition) is 4. The molecule has 100 valence electrons. The monoisotopic (exact) mass is 253 g/mol. The summed E-state index contributed by atoms with van der Waals surface area (Å²) >= 11 is 0. The maximum atomic E-state index is 11.0. The molecule has 0 bridgehead atoms. The minimum Gasteiger partial charge on any atom is -0.497 e. The Labute approximate surface area is 106 Å². The minimum absolute atomic E-state index is 0.194. The lowest BCUT2D eigenvalue weighted by Gasteiger charge is -2.11. The number of aliphatic hydroxyl groups is 1. The van der Waals surface area contributed by atoms with Crippen LogP contribution in [0.3, 0.4) is 0 Å². The molecule has 1 aromatic rings. The standard InChI is InChI=1S/C13H19NO4/c1-18-10-5-6-11(13(16)17)12(9-10)14-7-3-2-4-8-15/h5-6,9,14-15H,2-4,7-8H2,1H3,(H,16,17). The van der Waals surface area contributed by atoms with Crippen LogP contribution in [-0.4, -0.2) is 36.4 Å². The first kappa shape index (κ1) is 14.3. The summed E-state index contributed by atoms with van der Waals surface area (Å²) in [6, 6.07) is 4.83. The van der Waals surface area contributed by atoms with E-state index in [-0.39, 0.29) is 12.2 Å². The van der Waals surface area contributed by atoms with E-state index in [1.807, 2.05) is 0 Å². The maximum absolute atomic E-state index is 11.0. The lowest BCUT2D eigenvalue weighted by atomic mass is 10.1. The molecule has 0 amide bonds. The summed E-state index contributed by atoms with van der Waals surface area (Å²) in [5.41, 5.74) is 0.795. The summed E-state index contributed by atoms with van der Waals surface area (Å²) in [5.74, 6) is -0.339. The van der Waals surface area contributed by atoms with Gasteiger partial charge in [-0.15, -0.1) is 0 Å². The van der Waals surface area contributed by atoms with Gasteiger partial charge in [0.1, 0.15) is 5.75 Å². The Hall–Kier alpha value is -1.75. The molecule has 0 radical (unpaired) electrons. The Balaban J connectivity index is 2.63. The Morgan fingerprint density at radius 1 is 1.33 bits per heavy atom. The van der Waals surface area contributed by atoms with Crippen LogP contribution in [0, 0.1) is 0 Å². The van der Waals surface area contributed by atoms with E-state index in [2.05, 4.69) is 5.32 Å². The van der Waals surface area contributed by atoms with Crippen molar-refractivity contribution in [2.24, 2.45) is 0 Å². The molecule has 0 unspecified atom stereocenters. The zero-order valence-corrected chi connectivity index (χ0v) is 10.5. The van der Waals surface area contributed by atoms with Crippen LogP contribution in [-0.2, 0) is 0 Å². The topological polar surface area (TPSA) is 78.8 Å². The number of ether oxygens (including phenoxy) is 1. The number of nitrogens with one attached hydrogen (secondary N) is 1. The quantitative estimate of drug-likeness (QED) is 0.617. The summed E-state index contributed by atoms with van der Waals surface area (Å²) in [5, 5.41) is 20.8. The van der Waals surface area contributed by atoms with Crippen LogP contribution in [0.2, 0.25) is 0 Å². The summed E-state index contributed by atoms with van der Waals surface area (Å²) < 4.78 is 5.07. The van der Waals surface area contributed by atoms with Gasteiger partial charge in [0.05, 0.1) is 18.4 Å². The molecule has 3 N–H and O–H groups in total. The first-order valence-corrected chi connectivity index (χ1v) is 5.95. The molecule has 0 saturated carbocycles. The van der Waals surface area contributed by atoms with Crippen LogP contribution in [0.4, 0.5) is 5.69 Å². The predicted octanol–water partition coefficient (Wildman–Crippen LogP) is 1.97. The third-order valence-corrected chi connectivity index (χ3v) is 2.61. The van der Waals surface area contributed by atoms with Crippen LogP contribution in [0.1, 0.15) is 29.6 Å². The van der Waals surface area contributed by atoms with Crippen LogP contribution >= 0.6 is 0 Å². The summed E-state index contributed by atoms with van der Waals surface area (Å²) in [6.07, 6.45) is 2.57. The predicted molar refractivity (Wildman–Crippen MR) is 69.4 cm³/mol. The van der Waals surface area contributed by atoms with Gasteiger partial charge in [-0.2, -0.15) is 0 Å². The van der Waals surface area contributed by atoms with Crippen molar-refractivity contribution in [3.05, 3.63) is 23.8 Å². The van der Waals surface area contributed by atoms with Gasteiger partial charge in [-0.05, 0) is 31.4 Å². The van der Waals surface area contributed by atoms with Gasteiger partial charge in [-0.25, -0.2) is 4.79 Å². The molecular formula is C13H19NO4. The van der Waals surface area contributed by atoms with Gasteiger partial charge in [0.15, 0.2) is 0 Å². The fraction of sp³-hybridized carbons (Fsp3) is 0.462. The fourth-order valence-corrected chi connectivity index (χ4v) is 1.62. The zero-order valence-electron chi connectivity index (χ0n) is 10.5. The second kappa shape index (κ2) is 7.55. The molecule has 1 rings (SSSR count). The van der Waals surface area contributed by atoms with Crippen molar-refractivity contribution in [1.29, 1.82) is 0 Å². The van der Waals surface area contributed by atoms with Crippen molar-refractivity contribution in [3.63, 3.8) is 0 Å². The first-order valence-electron chi connectivity index (χ1n) is 5.95. The van der Waals surface area contributed by atoms with E-state index in [0.29, 0.717) is 18.0 Å². The van der Waals surface area contributed by atoms with Crippen LogP contribution in [0.15, 0.2) is 18.2 Å².